The van der Waals surface area contributed by atoms with Crippen LogP contribution in [-0.2, 0) is 63.4 Å². The molecular weight excluding hydrogens is 796 g/mol. The van der Waals surface area contributed by atoms with E-state index in [0.29, 0.717) is 19.1 Å². The summed E-state index contributed by atoms with van der Waals surface area (Å²) < 4.78 is 22.5. The number of fused-ring (bicyclic) bond motifs is 2. The Morgan fingerprint density at radius 2 is 1.25 bits per heavy atom. The van der Waals surface area contributed by atoms with Crippen molar-refractivity contribution in [2.24, 2.45) is 0 Å². The number of nitrogens with zero attached hydrogens (tertiary/aromatic N) is 1. The summed E-state index contributed by atoms with van der Waals surface area (Å²) in [4.78, 5) is 4.07. The fourth-order valence-corrected chi connectivity index (χ4v) is 4.01. The second-order valence-corrected chi connectivity index (χ2v) is 8.16. The fraction of sp³-hybridized carbons (Fsp3) is 0.148. The minimum atomic E-state index is 0. The van der Waals surface area contributed by atoms with Crippen LogP contribution in [0.1, 0.15) is 11.1 Å². The van der Waals surface area contributed by atoms with E-state index in [9.17, 15) is 0 Å². The van der Waals surface area contributed by atoms with Crippen LogP contribution in [0.2, 0.25) is 13.6 Å². The molecule has 0 atom stereocenters. The van der Waals surface area contributed by atoms with Gasteiger partial charge in [0.2, 0.25) is 0 Å². The maximum Gasteiger partial charge on any atom is 0.324 e. The van der Waals surface area contributed by atoms with Crippen molar-refractivity contribution in [1.82, 2.24) is 4.98 Å². The number of aromatic nitrogens is 1. The molecule has 4 aromatic rings. The zero-order valence-corrected chi connectivity index (χ0v) is 25.3. The first-order valence-corrected chi connectivity index (χ1v) is 11.3. The van der Waals surface area contributed by atoms with E-state index in [1.807, 2.05) is 42.5 Å². The summed E-state index contributed by atoms with van der Waals surface area (Å²) >= 11 is 0. The van der Waals surface area contributed by atoms with E-state index >= 15 is 0 Å². The number of ether oxygens (including phenoxy) is 2. The number of rotatable bonds is 4. The smallest absolute Gasteiger partial charge is 0.324 e. The van der Waals surface area contributed by atoms with Crippen molar-refractivity contribution in [2.45, 2.75) is 26.9 Å². The molecule has 0 aliphatic carbocycles. The Morgan fingerprint density at radius 3 is 1.81 bits per heavy atom. The van der Waals surface area contributed by atoms with Gasteiger partial charge in [0.15, 0.2) is 0 Å². The van der Waals surface area contributed by atoms with E-state index in [0.717, 1.165) is 17.2 Å². The summed E-state index contributed by atoms with van der Waals surface area (Å²) in [5.41, 5.74) is 4.92. The maximum absolute atomic E-state index is 5.76. The Bertz CT molecular complexity index is 1170. The van der Waals surface area contributed by atoms with Crippen molar-refractivity contribution in [1.29, 1.82) is 0 Å². The molecule has 1 aromatic heterocycles. The van der Waals surface area contributed by atoms with E-state index in [2.05, 4.69) is 49.0 Å². The van der Waals surface area contributed by atoms with Crippen LogP contribution in [0, 0.1) is 12.1 Å². The van der Waals surface area contributed by atoms with Crippen molar-refractivity contribution < 1.29 is 59.6 Å². The van der Waals surface area contributed by atoms with E-state index < -0.39 is 0 Å². The minimum Gasteiger partial charge on any atom is -0.483 e. The van der Waals surface area contributed by atoms with Crippen LogP contribution in [-0.4, -0.2) is 18.8 Å². The average molecular weight is 820 g/mol. The van der Waals surface area contributed by atoms with Gasteiger partial charge in [0.1, 0.15) is 17.4 Å². The third-order valence-corrected chi connectivity index (χ3v) is 5.82. The molecular formula is C27H23B2NO4Re2-2. The van der Waals surface area contributed by atoms with Gasteiger partial charge in [-0.2, -0.15) is 18.2 Å². The molecule has 9 heteroatoms. The molecule has 5 nitrogen and oxygen atoms in total. The van der Waals surface area contributed by atoms with Gasteiger partial charge in [0, 0.05) is 46.6 Å². The Morgan fingerprint density at radius 1 is 0.694 bits per heavy atom. The topological polar surface area (TPSA) is 49.8 Å². The van der Waals surface area contributed by atoms with Gasteiger partial charge in [0.05, 0.1) is 13.2 Å². The second-order valence-electron chi connectivity index (χ2n) is 8.16. The molecule has 0 saturated carbocycles. The molecule has 2 radical (unpaired) electrons. The Kier molecular flexibility index (Phi) is 10.5. The molecule has 3 heterocycles. The predicted octanol–water partition coefficient (Wildman–Crippen LogP) is 4.67. The molecule has 0 spiro atoms. The average Bonchev–Trinajstić information content (AvgIpc) is 3.42. The van der Waals surface area contributed by atoms with Crippen LogP contribution in [0.5, 0.6) is 23.1 Å². The van der Waals surface area contributed by atoms with Crippen molar-refractivity contribution in [3.05, 3.63) is 102 Å². The quantitative estimate of drug-likeness (QED) is 0.222. The Hall–Kier alpha value is -2.22. The molecule has 0 saturated heterocycles. The summed E-state index contributed by atoms with van der Waals surface area (Å²) in [5.74, 6) is 3.05. The fourth-order valence-electron chi connectivity index (χ4n) is 4.01. The van der Waals surface area contributed by atoms with Crippen LogP contribution >= 0.6 is 0 Å². The van der Waals surface area contributed by atoms with E-state index in [1.165, 1.54) is 22.1 Å². The summed E-state index contributed by atoms with van der Waals surface area (Å²) in [6, 6.07) is 29.0. The van der Waals surface area contributed by atoms with Gasteiger partial charge in [-0.3, -0.25) is 4.98 Å². The zero-order valence-electron chi connectivity index (χ0n) is 19.9. The first-order valence-electron chi connectivity index (χ1n) is 11.3. The van der Waals surface area contributed by atoms with Crippen molar-refractivity contribution >= 4 is 24.8 Å². The van der Waals surface area contributed by atoms with Gasteiger partial charge >= 0.3 is 13.8 Å². The van der Waals surface area contributed by atoms with Crippen LogP contribution in [0.3, 0.4) is 0 Å². The molecule has 36 heavy (non-hydrogen) atoms. The molecule has 0 bridgehead atoms. The third kappa shape index (κ3) is 6.96. The van der Waals surface area contributed by atoms with Crippen LogP contribution in [0.25, 0.3) is 0 Å². The monoisotopic (exact) mass is 821 g/mol. The normalized spacial score (nSPS) is 12.8. The van der Waals surface area contributed by atoms with E-state index in [-0.39, 0.29) is 54.7 Å². The van der Waals surface area contributed by atoms with E-state index in [1.54, 1.807) is 18.3 Å². The maximum atomic E-state index is 5.76. The number of benzene rings is 3. The third-order valence-electron chi connectivity index (χ3n) is 5.82. The minimum absolute atomic E-state index is 0. The standard InChI is InChI=1S/C14H12BO2.C13H11BNO2.2Re/c1-15-14-8-7-13(9-11(14)10-16-15)17-12-5-3-2-4-6-12;1-14-12-6-5-11(8-10(12)9-16-14)17-13-4-2-3-7-15-13;;/h3-9H,10H2,1H3;2,4-8H,9H2,1H3;;/q2*-1;;. The summed E-state index contributed by atoms with van der Waals surface area (Å²) in [5, 5.41) is 0. The van der Waals surface area contributed by atoms with Crippen LogP contribution < -0.4 is 20.4 Å². The number of hydrogen-bond donors (Lipinski definition) is 0. The molecule has 2 aliphatic rings. The molecule has 6 rings (SSSR count). The van der Waals surface area contributed by atoms with Gasteiger partial charge in [-0.05, 0) is 46.3 Å². The Balaban J connectivity index is 0.000000190. The second kappa shape index (κ2) is 13.4. The van der Waals surface area contributed by atoms with Crippen molar-refractivity contribution in [3.8, 4) is 23.1 Å². The number of hydrogen-bond acceptors (Lipinski definition) is 5. The first kappa shape index (κ1) is 28.4. The first-order chi connectivity index (χ1) is 16.7. The zero-order chi connectivity index (χ0) is 23.3. The molecule has 2 aliphatic heterocycles. The molecule has 0 fully saturated rings. The van der Waals surface area contributed by atoms with E-state index in [4.69, 9.17) is 18.8 Å². The van der Waals surface area contributed by atoms with Gasteiger partial charge in [0.25, 0.3) is 0 Å². The molecule has 0 N–H and O–H groups in total. The van der Waals surface area contributed by atoms with Gasteiger partial charge in [-0.25, -0.2) is 12.1 Å². The predicted molar refractivity (Wildman–Crippen MR) is 133 cm³/mol. The summed E-state index contributed by atoms with van der Waals surface area (Å²) in [6.07, 6.45) is 1.59. The van der Waals surface area contributed by atoms with Crippen molar-refractivity contribution in [2.75, 3.05) is 0 Å². The van der Waals surface area contributed by atoms with Crippen LogP contribution in [0.4, 0.5) is 0 Å². The van der Waals surface area contributed by atoms with Gasteiger partial charge in [-0.15, -0.1) is 18.2 Å². The molecule has 182 valence electrons. The largest absolute Gasteiger partial charge is 0.483 e. The Labute approximate surface area is 240 Å². The van der Waals surface area contributed by atoms with Crippen molar-refractivity contribution in [3.63, 3.8) is 0 Å². The van der Waals surface area contributed by atoms with Gasteiger partial charge < -0.3 is 18.8 Å². The molecule has 3 aromatic carbocycles. The summed E-state index contributed by atoms with van der Waals surface area (Å²) in [6.45, 7) is 5.84. The molecule has 0 amide bonds. The SMILES string of the molecule is CB1OCc2cc(Oc3cc[c-]cc3)ccc21.CB1OCc2cc(Oc3cc[c-]cn3)ccc21.[Re].[Re]. The van der Waals surface area contributed by atoms with Crippen LogP contribution in [0.15, 0.2) is 79.0 Å². The number of pyridine rings is 1. The summed E-state index contributed by atoms with van der Waals surface area (Å²) in [7, 11) is 0. The van der Waals surface area contributed by atoms with Gasteiger partial charge in [-0.1, -0.05) is 32.0 Å². The molecule has 0 unspecified atom stereocenters.